The largest absolute Gasteiger partial charge is 0.398 e. The predicted octanol–water partition coefficient (Wildman–Crippen LogP) is 19.2. The van der Waals surface area contributed by atoms with E-state index in [9.17, 15) is 27.4 Å². The zero-order chi connectivity index (χ0) is 72.4. The molecule has 1 aliphatic carbocycles. The van der Waals surface area contributed by atoms with Crippen molar-refractivity contribution in [1.82, 2.24) is 39.9 Å². The van der Waals surface area contributed by atoms with Crippen molar-refractivity contribution in [2.75, 3.05) is 11.5 Å². The SMILES string of the molecule is Brc1ccc(-c2nc3cccc4c5nc(-c6ccc(Br)cc6)nc6cccc(c(n2)c34)c65)cc1.NC(=O)c1ccc(Br)cc1.Nc1cccc2c1C(=O)c1cccc(N)c1C2=O.O=S(=O)(O)c1cc(-c2nc3cccc4c5nc(-c6ccc(Br)c(SOOO)c6)nc6cccc(c(n2)c34)c65)ccc1Br. The minimum Gasteiger partial charge on any atom is -0.398 e. The van der Waals surface area contributed by atoms with Crippen LogP contribution in [0.4, 0.5) is 11.4 Å². The number of hydrogen-bond acceptors (Lipinski definition) is 19. The number of carbonyl (C=O) groups is 3. The van der Waals surface area contributed by atoms with Crippen LogP contribution in [0.15, 0.2) is 251 Å². The third kappa shape index (κ3) is 13.1. The summed E-state index contributed by atoms with van der Waals surface area (Å²) in [6.07, 6.45) is 0. The van der Waals surface area contributed by atoms with E-state index in [1.165, 1.54) is 12.1 Å². The average Bonchev–Trinajstić information content (AvgIpc) is 0.735. The number of aromatic nitrogens is 8. The highest BCUT2D eigenvalue weighted by Gasteiger charge is 2.33. The van der Waals surface area contributed by atoms with E-state index < -0.39 is 16.0 Å². The summed E-state index contributed by atoms with van der Waals surface area (Å²) in [4.78, 5) is 75.1. The Labute approximate surface area is 635 Å². The van der Waals surface area contributed by atoms with Gasteiger partial charge in [0.05, 0.1) is 72.2 Å². The third-order valence-corrected chi connectivity index (χ3v) is 22.2. The van der Waals surface area contributed by atoms with Crippen molar-refractivity contribution < 1.29 is 42.0 Å². The number of ketones is 2. The van der Waals surface area contributed by atoms with E-state index in [2.05, 4.69) is 101 Å². The summed E-state index contributed by atoms with van der Waals surface area (Å²) in [6.45, 7) is 0. The number of halogens is 5. The molecular weight excluding hydrogens is 1690 g/mol. The molecule has 18 rings (SSSR count). The number of benzene rings is 13. The number of nitrogens with zero attached hydrogens (tertiary/aromatic N) is 8. The molecule has 0 unspecified atom stereocenters. The van der Waals surface area contributed by atoms with Gasteiger partial charge in [0, 0.05) is 116 Å². The fourth-order valence-corrected chi connectivity index (χ4v) is 15.6. The molecule has 20 nitrogen and oxygen atoms in total. The van der Waals surface area contributed by atoms with Crippen LogP contribution in [-0.4, -0.2) is 75.6 Å². The van der Waals surface area contributed by atoms with Gasteiger partial charge in [-0.05, 0) is 153 Å². The van der Waals surface area contributed by atoms with Crippen molar-refractivity contribution in [2.24, 2.45) is 5.73 Å². The van der Waals surface area contributed by atoms with Gasteiger partial charge < -0.3 is 17.2 Å². The zero-order valence-electron chi connectivity index (χ0n) is 53.1. The molecule has 0 saturated heterocycles. The summed E-state index contributed by atoms with van der Waals surface area (Å²) in [6, 6.07) is 66.8. The Kier molecular flexibility index (Phi) is 19.0. The Bertz CT molecular complexity index is 6310. The van der Waals surface area contributed by atoms with Gasteiger partial charge in [-0.25, -0.2) is 45.1 Å². The Morgan fingerprint density at radius 1 is 0.413 bits per heavy atom. The lowest BCUT2D eigenvalue weighted by molar-refractivity contribution is -0.432. The summed E-state index contributed by atoms with van der Waals surface area (Å²) >= 11 is 17.7. The first kappa shape index (κ1) is 69.4. The van der Waals surface area contributed by atoms with Gasteiger partial charge in [-0.1, -0.05) is 150 Å². The molecule has 104 heavy (non-hydrogen) atoms. The predicted molar refractivity (Wildman–Crippen MR) is 422 cm³/mol. The third-order valence-electron chi connectivity index (χ3n) is 17.2. The van der Waals surface area contributed by atoms with E-state index >= 15 is 0 Å². The molecule has 0 fully saturated rings. The first-order chi connectivity index (χ1) is 50.2. The van der Waals surface area contributed by atoms with Crippen LogP contribution >= 0.6 is 91.7 Å². The normalized spacial score (nSPS) is 12.0. The highest BCUT2D eigenvalue weighted by Crippen LogP contribution is 2.43. The standard InChI is InChI=1S/C28H14Br2N4O6S2.C28H14Br2N4.C14H10N2O2.C7H6BrNO/c29-17-9-7-13(11-21(17)41-40-39-35)27-31-19-5-1-4-16-23(19)25(33-27)15-3-2-6-20-24(15)26(16)34-28(32-20)14-8-10-18(30)22(12-14)42(36,37)38;29-17-11-7-15(8-12-17)27-31-21-5-1-3-19-23(21)26(34-27)20-4-2-6-22-24(20)25(19)33-28(32-22)16-9-13-18(30)14-10-16;15-9-5-1-3-7-11(9)14(18)8-4-2-6-10(16)12(8)13(7)17;8-6-3-1-5(2-4-6)7(9)10/h1-12,35H,(H,36,37,38);1-14H;1-6H,15-16H2;1-4H,(H2,9,10). The number of rotatable bonds is 9. The van der Waals surface area contributed by atoms with Crippen molar-refractivity contribution >= 4 is 218 Å². The quantitative estimate of drug-likeness (QED) is 0.0170. The van der Waals surface area contributed by atoms with Gasteiger partial charge in [-0.2, -0.15) is 8.42 Å². The molecule has 8 N–H and O–H groups in total. The number of amides is 1. The van der Waals surface area contributed by atoms with E-state index in [0.29, 0.717) is 78.4 Å². The lowest BCUT2D eigenvalue weighted by atomic mass is 9.82. The minimum atomic E-state index is -4.47. The van der Waals surface area contributed by atoms with Crippen LogP contribution in [-0.2, 0) is 19.5 Å². The van der Waals surface area contributed by atoms with Crippen molar-refractivity contribution in [3.8, 4) is 45.6 Å². The fourth-order valence-electron chi connectivity index (χ4n) is 12.5. The zero-order valence-corrected chi connectivity index (χ0v) is 62.6. The van der Waals surface area contributed by atoms with Crippen molar-refractivity contribution in [2.45, 2.75) is 9.79 Å². The van der Waals surface area contributed by atoms with Gasteiger partial charge in [-0.15, -0.1) is 4.33 Å². The molecule has 0 saturated carbocycles. The Morgan fingerprint density at radius 2 is 0.750 bits per heavy atom. The molecule has 4 aromatic heterocycles. The van der Waals surface area contributed by atoms with Gasteiger partial charge in [0.2, 0.25) is 5.91 Å². The number of nitrogens with two attached hydrogens (primary N) is 3. The number of nitrogen functional groups attached to an aromatic ring is 2. The van der Waals surface area contributed by atoms with Crippen molar-refractivity contribution in [3.63, 3.8) is 0 Å². The van der Waals surface area contributed by atoms with Crippen molar-refractivity contribution in [1.29, 1.82) is 0 Å². The fraction of sp³-hybridized carbons (Fsp3) is 0. The van der Waals surface area contributed by atoms with Gasteiger partial charge in [0.25, 0.3) is 10.1 Å². The molecule has 1 aliphatic rings. The number of anilines is 2. The molecule has 4 heterocycles. The molecule has 0 aliphatic heterocycles. The molecule has 13 aromatic carbocycles. The second-order valence-electron chi connectivity index (χ2n) is 23.5. The van der Waals surface area contributed by atoms with Gasteiger partial charge in [0.1, 0.15) is 4.90 Å². The van der Waals surface area contributed by atoms with Crippen LogP contribution in [0.3, 0.4) is 0 Å². The smallest absolute Gasteiger partial charge is 0.295 e. The minimum absolute atomic E-state index is 0.232. The molecule has 17 aromatic rings. The molecule has 0 spiro atoms. The van der Waals surface area contributed by atoms with Crippen LogP contribution in [0.5, 0.6) is 0 Å². The first-order valence-electron chi connectivity index (χ1n) is 31.1. The molecule has 0 radical (unpaired) electrons. The molecule has 0 bridgehead atoms. The first-order valence-corrected chi connectivity index (χ1v) is 37.2. The number of carbonyl (C=O) groups excluding carboxylic acids is 3. The number of hydrogen-bond donors (Lipinski definition) is 5. The number of primary amides is 1. The van der Waals surface area contributed by atoms with Gasteiger partial charge in [0.15, 0.2) is 34.9 Å². The van der Waals surface area contributed by atoms with E-state index in [4.69, 9.17) is 62.3 Å². The molecule has 27 heteroatoms. The van der Waals surface area contributed by atoms with E-state index in [1.807, 2.05) is 127 Å². The van der Waals surface area contributed by atoms with Crippen LogP contribution in [0.1, 0.15) is 42.2 Å². The summed E-state index contributed by atoms with van der Waals surface area (Å²) in [7, 11) is -4.47. The lowest BCUT2D eigenvalue weighted by Crippen LogP contribution is -2.23. The number of fused-ring (bicyclic) bond motifs is 6. The maximum atomic E-state index is 12.3. The molecule has 1 amide bonds. The second-order valence-corrected chi connectivity index (χ2v) is 30.0. The molecule has 508 valence electrons. The molecular formula is C77H44Br5N11O9S2. The van der Waals surface area contributed by atoms with Crippen LogP contribution < -0.4 is 17.2 Å². The topological polar surface area (TPSA) is 325 Å². The van der Waals surface area contributed by atoms with Crippen LogP contribution in [0.25, 0.3) is 133 Å². The highest BCUT2D eigenvalue weighted by molar-refractivity contribution is 9.11. The van der Waals surface area contributed by atoms with Gasteiger partial charge >= 0.3 is 0 Å². The van der Waals surface area contributed by atoms with E-state index in [1.54, 1.807) is 66.7 Å². The van der Waals surface area contributed by atoms with Crippen LogP contribution in [0.2, 0.25) is 0 Å². The Morgan fingerprint density at radius 3 is 1.12 bits per heavy atom. The van der Waals surface area contributed by atoms with E-state index in [0.717, 1.165) is 117 Å². The van der Waals surface area contributed by atoms with Crippen molar-refractivity contribution in [3.05, 3.63) is 269 Å². The maximum absolute atomic E-state index is 12.3. The Hall–Kier alpha value is -10.3. The summed E-state index contributed by atoms with van der Waals surface area (Å²) in [5, 5.41) is 19.8. The summed E-state index contributed by atoms with van der Waals surface area (Å²) < 4.78 is 42.2. The second kappa shape index (κ2) is 28.4. The molecule has 0 atom stereocenters. The Balaban J connectivity index is 0.000000124. The van der Waals surface area contributed by atoms with Crippen LogP contribution in [0, 0.1) is 0 Å². The van der Waals surface area contributed by atoms with Gasteiger partial charge in [-0.3, -0.25) is 18.9 Å². The maximum Gasteiger partial charge on any atom is 0.295 e. The summed E-state index contributed by atoms with van der Waals surface area (Å²) in [5.74, 6) is 1.32. The monoisotopic (exact) mass is 1720 g/mol. The summed E-state index contributed by atoms with van der Waals surface area (Å²) in [5.41, 5.74) is 28.5. The lowest BCUT2D eigenvalue weighted by Gasteiger charge is -2.19. The highest BCUT2D eigenvalue weighted by atomic mass is 79.9. The average molecular weight is 1730 g/mol. The van der Waals surface area contributed by atoms with E-state index in [-0.39, 0.29) is 32.1 Å².